The van der Waals surface area contributed by atoms with Crippen molar-refractivity contribution in [2.24, 2.45) is 10.9 Å². The fourth-order valence-electron chi connectivity index (χ4n) is 7.41. The molecule has 1 saturated carbocycles. The molecule has 0 spiro atoms. The first kappa shape index (κ1) is 34.6. The number of carbonyl (C=O) groups is 3. The van der Waals surface area contributed by atoms with E-state index in [4.69, 9.17) is 33.2 Å². The number of carbonyl (C=O) groups excluding carboxylic acids is 3. The van der Waals surface area contributed by atoms with Crippen LogP contribution in [-0.4, -0.2) is 83.8 Å². The van der Waals surface area contributed by atoms with Crippen LogP contribution in [0.4, 0.5) is 4.79 Å². The molecule has 2 saturated heterocycles. The second-order valence-electron chi connectivity index (χ2n) is 12.9. The third-order valence-electron chi connectivity index (χ3n) is 9.51. The maximum Gasteiger partial charge on any atom is 0.414 e. The van der Waals surface area contributed by atoms with Gasteiger partial charge < -0.3 is 43.6 Å². The predicted octanol–water partition coefficient (Wildman–Crippen LogP) is 2.72. The Balaban J connectivity index is 1.25. The maximum absolute atomic E-state index is 13.1. The third-order valence-corrected chi connectivity index (χ3v) is 9.51. The number of benzene rings is 3. The van der Waals surface area contributed by atoms with Crippen molar-refractivity contribution in [1.29, 1.82) is 0 Å². The molecular formula is C37H39N3O11. The van der Waals surface area contributed by atoms with Crippen LogP contribution in [0.25, 0.3) is 0 Å². The minimum Gasteiger partial charge on any atom is -0.459 e. The van der Waals surface area contributed by atoms with Crippen molar-refractivity contribution in [2.45, 2.75) is 81.7 Å². The Labute approximate surface area is 294 Å². The van der Waals surface area contributed by atoms with E-state index in [0.29, 0.717) is 0 Å². The number of epoxide rings is 1. The third kappa shape index (κ3) is 6.93. The number of fused-ring (bicyclic) bond motifs is 1. The Hall–Kier alpha value is -4.86. The van der Waals surface area contributed by atoms with Crippen LogP contribution in [0.5, 0.6) is 0 Å². The summed E-state index contributed by atoms with van der Waals surface area (Å²) in [5.41, 5.74) is -0.438. The monoisotopic (exact) mass is 701 g/mol. The summed E-state index contributed by atoms with van der Waals surface area (Å²) in [5.74, 6) is -2.34. The highest BCUT2D eigenvalue weighted by Crippen LogP contribution is 2.61. The van der Waals surface area contributed by atoms with Gasteiger partial charge >= 0.3 is 18.0 Å². The van der Waals surface area contributed by atoms with Crippen molar-refractivity contribution >= 4 is 24.0 Å². The molecule has 8 unspecified atom stereocenters. The van der Waals surface area contributed by atoms with Crippen LogP contribution in [0.3, 0.4) is 0 Å². The van der Waals surface area contributed by atoms with Crippen LogP contribution < -0.4 is 10.6 Å². The number of aliphatic imine (C=N–C) groups is 1. The van der Waals surface area contributed by atoms with Gasteiger partial charge in [0, 0.05) is 13.8 Å². The summed E-state index contributed by atoms with van der Waals surface area (Å²) in [4.78, 5) is 43.3. The lowest BCUT2D eigenvalue weighted by Gasteiger charge is -2.60. The van der Waals surface area contributed by atoms with Crippen LogP contribution in [0.1, 0.15) is 30.5 Å². The lowest BCUT2D eigenvalue weighted by molar-refractivity contribution is -0.314. The lowest BCUT2D eigenvalue weighted by Crippen LogP contribution is -2.85. The van der Waals surface area contributed by atoms with E-state index >= 15 is 0 Å². The van der Waals surface area contributed by atoms with Gasteiger partial charge in [-0.3, -0.25) is 14.9 Å². The van der Waals surface area contributed by atoms with Crippen LogP contribution >= 0.6 is 0 Å². The minimum atomic E-state index is -1.63. The summed E-state index contributed by atoms with van der Waals surface area (Å²) >= 11 is 0. The molecule has 3 fully saturated rings. The molecule has 3 heterocycles. The molecule has 3 aliphatic heterocycles. The number of ether oxygens (including phenoxy) is 7. The number of aliphatic hydroxyl groups is 1. The van der Waals surface area contributed by atoms with E-state index in [1.165, 1.54) is 13.8 Å². The quantitative estimate of drug-likeness (QED) is 0.152. The van der Waals surface area contributed by atoms with E-state index < -0.39 is 72.0 Å². The van der Waals surface area contributed by atoms with Crippen molar-refractivity contribution in [1.82, 2.24) is 10.6 Å². The van der Waals surface area contributed by atoms with Crippen molar-refractivity contribution < 1.29 is 52.6 Å². The van der Waals surface area contributed by atoms with E-state index in [1.54, 1.807) is 0 Å². The Morgan fingerprint density at radius 3 is 1.98 bits per heavy atom. The Kier molecular flexibility index (Phi) is 9.77. The molecular weight excluding hydrogens is 662 g/mol. The van der Waals surface area contributed by atoms with Gasteiger partial charge in [0.05, 0.1) is 25.7 Å². The lowest BCUT2D eigenvalue weighted by atomic mass is 9.60. The fourth-order valence-corrected chi connectivity index (χ4v) is 7.41. The molecule has 1 amide bonds. The highest BCUT2D eigenvalue weighted by atomic mass is 16.7. The van der Waals surface area contributed by atoms with E-state index in [1.807, 2.05) is 91.0 Å². The van der Waals surface area contributed by atoms with E-state index in [9.17, 15) is 19.5 Å². The van der Waals surface area contributed by atoms with Crippen molar-refractivity contribution in [3.8, 4) is 0 Å². The zero-order chi connectivity index (χ0) is 35.6. The summed E-state index contributed by atoms with van der Waals surface area (Å²) < 4.78 is 42.6. The Morgan fingerprint density at radius 1 is 0.804 bits per heavy atom. The molecule has 3 N–H and O–H groups in total. The van der Waals surface area contributed by atoms with Crippen molar-refractivity contribution in [2.75, 3.05) is 6.61 Å². The molecule has 2 bridgehead atoms. The summed E-state index contributed by atoms with van der Waals surface area (Å²) in [6.45, 7) is 2.72. The molecule has 14 heteroatoms. The first-order valence-electron chi connectivity index (χ1n) is 16.7. The van der Waals surface area contributed by atoms with E-state index in [2.05, 4.69) is 15.6 Å². The van der Waals surface area contributed by atoms with Crippen LogP contribution in [-0.2, 0) is 62.6 Å². The molecule has 4 aliphatic rings. The normalized spacial score (nSPS) is 31.4. The number of amides is 1. The van der Waals surface area contributed by atoms with Gasteiger partial charge in [-0.05, 0) is 16.7 Å². The molecule has 9 atom stereocenters. The average Bonchev–Trinajstić information content (AvgIpc) is 3.85. The van der Waals surface area contributed by atoms with E-state index in [-0.39, 0.29) is 32.4 Å². The molecule has 0 aromatic heterocycles. The predicted molar refractivity (Wildman–Crippen MR) is 177 cm³/mol. The van der Waals surface area contributed by atoms with Crippen molar-refractivity contribution in [3.63, 3.8) is 0 Å². The van der Waals surface area contributed by atoms with Gasteiger partial charge in [-0.15, -0.1) is 0 Å². The Bertz CT molecular complexity index is 1750. The molecule has 3 aromatic rings. The van der Waals surface area contributed by atoms with Gasteiger partial charge in [0.25, 0.3) is 0 Å². The summed E-state index contributed by atoms with van der Waals surface area (Å²) in [6.07, 6.45) is -8.13. The first-order valence-corrected chi connectivity index (χ1v) is 16.7. The Morgan fingerprint density at radius 2 is 1.37 bits per heavy atom. The van der Waals surface area contributed by atoms with Crippen molar-refractivity contribution in [3.05, 3.63) is 108 Å². The second kappa shape index (κ2) is 14.4. The minimum absolute atomic E-state index is 0.0127. The number of hydrogen-bond donors (Lipinski definition) is 3. The number of nitrogens with zero attached hydrogens (tertiary/aromatic N) is 1. The molecule has 268 valence electrons. The standard InChI is InChI=1S/C37H39N3O11/c1-22(41)48-28-27-32-38-34(39-35(44)47-20-26-16-10-5-11-17-26)40-37(27,31(33(43)50-32)46-19-25-14-8-4-9-15-25)30(49-23(2)42)29-36(28,51-29)21-45-18-24-12-6-3-7-13-24/h3-17,27-33,43H,18-21H2,1-2H3,(H2,38,39,40,44)/t27?,28?,29?,30?,31-,32?,33?,36?,37?/m1/s1. The number of nitrogens with one attached hydrogen (secondary N) is 2. The molecule has 0 radical (unpaired) electrons. The fraction of sp³-hybridized carbons (Fsp3) is 0.405. The molecule has 51 heavy (non-hydrogen) atoms. The number of rotatable bonds is 11. The molecule has 7 rings (SSSR count). The number of alkyl carbamates (subject to hydrolysis) is 1. The van der Waals surface area contributed by atoms with Gasteiger partial charge in [-0.25, -0.2) is 9.79 Å². The first-order chi connectivity index (χ1) is 24.7. The highest BCUT2D eigenvalue weighted by Gasteiger charge is 2.84. The van der Waals surface area contributed by atoms with Gasteiger partial charge in [0.15, 0.2) is 24.2 Å². The highest BCUT2D eigenvalue weighted by molar-refractivity contribution is 5.95. The largest absolute Gasteiger partial charge is 0.459 e. The zero-order valence-corrected chi connectivity index (χ0v) is 28.0. The number of aliphatic hydroxyl groups excluding tert-OH is 1. The second-order valence-corrected chi connectivity index (χ2v) is 12.9. The number of esters is 2. The van der Waals surface area contributed by atoms with Crippen LogP contribution in [0.15, 0.2) is 96.0 Å². The van der Waals surface area contributed by atoms with Gasteiger partial charge in [-0.1, -0.05) is 91.0 Å². The summed E-state index contributed by atoms with van der Waals surface area (Å²) in [6, 6.07) is 27.9. The van der Waals surface area contributed by atoms with Gasteiger partial charge in [-0.2, -0.15) is 0 Å². The maximum atomic E-state index is 13.1. The molecule has 14 nitrogen and oxygen atoms in total. The topological polar surface area (TPSA) is 176 Å². The smallest absolute Gasteiger partial charge is 0.414 e. The van der Waals surface area contributed by atoms with Crippen LogP contribution in [0.2, 0.25) is 0 Å². The van der Waals surface area contributed by atoms with Gasteiger partial charge in [0.2, 0.25) is 5.96 Å². The van der Waals surface area contributed by atoms with Crippen LogP contribution in [0, 0.1) is 5.92 Å². The van der Waals surface area contributed by atoms with E-state index in [0.717, 1.165) is 16.7 Å². The summed E-state index contributed by atoms with van der Waals surface area (Å²) in [7, 11) is 0. The van der Waals surface area contributed by atoms with Gasteiger partial charge in [0.1, 0.15) is 30.5 Å². The molecule has 1 aliphatic carbocycles. The SMILES string of the molecule is CC(=O)OC1C2C3N=C(NC(=O)OCc4ccccc4)NC2(C(OC(C)=O)C2OC21COCc1ccccc1)[C@H](OCc1ccccc1)C(O)O3. The number of guanidine groups is 1. The average molecular weight is 702 g/mol. The zero-order valence-electron chi connectivity index (χ0n) is 28.0. The molecule has 3 aromatic carbocycles. The summed E-state index contributed by atoms with van der Waals surface area (Å²) in [5, 5.41) is 17.4. The number of hydrogen-bond acceptors (Lipinski definition) is 13.